The molecule has 0 saturated heterocycles. The van der Waals surface area contributed by atoms with Gasteiger partial charge in [0.15, 0.2) is 0 Å². The number of nitrogens with one attached hydrogen (secondary N) is 2. The molecule has 3 nitrogen and oxygen atoms in total. The van der Waals surface area contributed by atoms with E-state index in [2.05, 4.69) is 42.7 Å². The van der Waals surface area contributed by atoms with Gasteiger partial charge in [-0.25, -0.2) is 0 Å². The van der Waals surface area contributed by atoms with Crippen LogP contribution in [0.5, 0.6) is 0 Å². The van der Waals surface area contributed by atoms with Crippen molar-refractivity contribution in [2.24, 2.45) is 11.8 Å². The number of rotatable bonds is 2. The Kier molecular flexibility index (Phi) is 4.29. The number of benzene rings is 1. The summed E-state index contributed by atoms with van der Waals surface area (Å²) in [6, 6.07) is 8.46. The largest absolute Gasteiger partial charge is 0.351 e. The monoisotopic (exact) mass is 286 g/mol. The molecular weight excluding hydrogens is 260 g/mol. The Bertz CT molecular complexity index is 514. The maximum Gasteiger partial charge on any atom is 0.241 e. The number of carbonyl (C=O) groups is 1. The SMILES string of the molecule is CC1CCC(NC(=O)C2NCCc3ccccc32)C(C)C1. The van der Waals surface area contributed by atoms with Gasteiger partial charge in [0, 0.05) is 12.6 Å². The third-order valence-electron chi connectivity index (χ3n) is 5.13. The fourth-order valence-electron chi connectivity index (χ4n) is 3.88. The molecule has 0 spiro atoms. The molecular formula is C18H26N2O. The Hall–Kier alpha value is -1.35. The quantitative estimate of drug-likeness (QED) is 0.878. The Balaban J connectivity index is 1.69. The van der Waals surface area contributed by atoms with Crippen molar-refractivity contribution in [2.45, 2.75) is 51.6 Å². The predicted octanol–water partition coefficient (Wildman–Crippen LogP) is 2.81. The maximum absolute atomic E-state index is 12.7. The third kappa shape index (κ3) is 3.13. The maximum atomic E-state index is 12.7. The van der Waals surface area contributed by atoms with E-state index in [1.165, 1.54) is 18.4 Å². The molecule has 1 aromatic carbocycles. The minimum atomic E-state index is -0.179. The van der Waals surface area contributed by atoms with Crippen LogP contribution in [0.1, 0.15) is 50.3 Å². The van der Waals surface area contributed by atoms with E-state index in [4.69, 9.17) is 0 Å². The summed E-state index contributed by atoms with van der Waals surface area (Å²) in [5, 5.41) is 6.67. The van der Waals surface area contributed by atoms with E-state index in [1.807, 2.05) is 6.07 Å². The molecule has 1 amide bonds. The Morgan fingerprint density at radius 2 is 2.05 bits per heavy atom. The van der Waals surface area contributed by atoms with Gasteiger partial charge in [-0.1, -0.05) is 38.1 Å². The lowest BCUT2D eigenvalue weighted by Gasteiger charge is -2.35. The zero-order valence-electron chi connectivity index (χ0n) is 13.1. The first-order chi connectivity index (χ1) is 10.1. The summed E-state index contributed by atoms with van der Waals surface area (Å²) in [5.41, 5.74) is 2.46. The summed E-state index contributed by atoms with van der Waals surface area (Å²) in [7, 11) is 0. The zero-order chi connectivity index (χ0) is 14.8. The molecule has 4 unspecified atom stereocenters. The first-order valence-corrected chi connectivity index (χ1v) is 8.26. The van der Waals surface area contributed by atoms with E-state index >= 15 is 0 Å². The first-order valence-electron chi connectivity index (χ1n) is 8.26. The van der Waals surface area contributed by atoms with Crippen molar-refractivity contribution < 1.29 is 4.79 Å². The van der Waals surface area contributed by atoms with Crippen LogP contribution in [-0.4, -0.2) is 18.5 Å². The van der Waals surface area contributed by atoms with Gasteiger partial charge >= 0.3 is 0 Å². The van der Waals surface area contributed by atoms with Crippen LogP contribution < -0.4 is 10.6 Å². The summed E-state index contributed by atoms with van der Waals surface area (Å²) in [6.07, 6.45) is 4.57. The van der Waals surface area contributed by atoms with Gasteiger partial charge in [0.05, 0.1) is 0 Å². The number of amides is 1. The second-order valence-corrected chi connectivity index (χ2v) is 6.85. The fraction of sp³-hybridized carbons (Fsp3) is 0.611. The lowest BCUT2D eigenvalue weighted by Crippen LogP contribution is -2.48. The molecule has 1 aliphatic carbocycles. The molecule has 0 aromatic heterocycles. The molecule has 0 radical (unpaired) electrons. The number of hydrogen-bond donors (Lipinski definition) is 2. The van der Waals surface area contributed by atoms with E-state index < -0.39 is 0 Å². The van der Waals surface area contributed by atoms with Crippen molar-refractivity contribution in [1.29, 1.82) is 0 Å². The third-order valence-corrected chi connectivity index (χ3v) is 5.13. The second kappa shape index (κ2) is 6.18. The van der Waals surface area contributed by atoms with Gasteiger partial charge in [0.1, 0.15) is 6.04 Å². The Morgan fingerprint density at radius 1 is 1.24 bits per heavy atom. The highest BCUT2D eigenvalue weighted by atomic mass is 16.2. The van der Waals surface area contributed by atoms with Gasteiger partial charge in [-0.15, -0.1) is 0 Å². The van der Waals surface area contributed by atoms with Gasteiger partial charge in [0.2, 0.25) is 5.91 Å². The molecule has 3 rings (SSSR count). The van der Waals surface area contributed by atoms with Crippen molar-refractivity contribution in [1.82, 2.24) is 10.6 Å². The van der Waals surface area contributed by atoms with Gasteiger partial charge in [-0.3, -0.25) is 4.79 Å². The highest BCUT2D eigenvalue weighted by molar-refractivity contribution is 5.84. The molecule has 1 saturated carbocycles. The molecule has 4 atom stereocenters. The first kappa shape index (κ1) is 14.6. The standard InChI is InChI=1S/C18H26N2O/c1-12-7-8-16(13(2)11-12)20-18(21)17-15-6-4-3-5-14(15)9-10-19-17/h3-6,12-13,16-17,19H,7-11H2,1-2H3,(H,20,21). The molecule has 0 bridgehead atoms. The topological polar surface area (TPSA) is 41.1 Å². The molecule has 1 fully saturated rings. The molecule has 2 aliphatic rings. The number of carbonyl (C=O) groups excluding carboxylic acids is 1. The van der Waals surface area contributed by atoms with E-state index in [0.29, 0.717) is 12.0 Å². The van der Waals surface area contributed by atoms with Crippen molar-refractivity contribution in [3.05, 3.63) is 35.4 Å². The Morgan fingerprint density at radius 3 is 2.86 bits per heavy atom. The molecule has 1 aromatic rings. The summed E-state index contributed by atoms with van der Waals surface area (Å²) in [6.45, 7) is 5.46. The molecule has 3 heteroatoms. The Labute approximate surface area is 127 Å². The molecule has 2 N–H and O–H groups in total. The summed E-state index contributed by atoms with van der Waals surface area (Å²) in [4.78, 5) is 12.7. The average Bonchev–Trinajstić information content (AvgIpc) is 2.49. The minimum Gasteiger partial charge on any atom is -0.351 e. The van der Waals surface area contributed by atoms with Crippen LogP contribution in [0.3, 0.4) is 0 Å². The smallest absolute Gasteiger partial charge is 0.241 e. The zero-order valence-corrected chi connectivity index (χ0v) is 13.1. The molecule has 1 aliphatic heterocycles. The summed E-state index contributed by atoms with van der Waals surface area (Å²) in [5.74, 6) is 1.52. The van der Waals surface area contributed by atoms with Gasteiger partial charge in [-0.2, -0.15) is 0 Å². The van der Waals surface area contributed by atoms with Crippen LogP contribution in [0.2, 0.25) is 0 Å². The van der Waals surface area contributed by atoms with Crippen LogP contribution in [0.4, 0.5) is 0 Å². The average molecular weight is 286 g/mol. The lowest BCUT2D eigenvalue weighted by atomic mass is 9.79. The van der Waals surface area contributed by atoms with Crippen molar-refractivity contribution >= 4 is 5.91 Å². The molecule has 1 heterocycles. The van der Waals surface area contributed by atoms with Gasteiger partial charge in [0.25, 0.3) is 0 Å². The normalized spacial score (nSPS) is 32.3. The van der Waals surface area contributed by atoms with E-state index in [0.717, 1.165) is 30.9 Å². The van der Waals surface area contributed by atoms with Gasteiger partial charge < -0.3 is 10.6 Å². The van der Waals surface area contributed by atoms with Crippen molar-refractivity contribution in [3.63, 3.8) is 0 Å². The summed E-state index contributed by atoms with van der Waals surface area (Å²) >= 11 is 0. The minimum absolute atomic E-state index is 0.147. The van der Waals surface area contributed by atoms with Crippen LogP contribution in [-0.2, 0) is 11.2 Å². The molecule has 21 heavy (non-hydrogen) atoms. The van der Waals surface area contributed by atoms with Crippen molar-refractivity contribution in [3.8, 4) is 0 Å². The van der Waals surface area contributed by atoms with Crippen LogP contribution in [0.25, 0.3) is 0 Å². The van der Waals surface area contributed by atoms with Crippen molar-refractivity contribution in [2.75, 3.05) is 6.54 Å². The summed E-state index contributed by atoms with van der Waals surface area (Å²) < 4.78 is 0. The van der Waals surface area contributed by atoms with Gasteiger partial charge in [-0.05, 0) is 48.6 Å². The van der Waals surface area contributed by atoms with E-state index in [9.17, 15) is 4.79 Å². The predicted molar refractivity (Wildman–Crippen MR) is 85.0 cm³/mol. The number of fused-ring (bicyclic) bond motifs is 1. The van der Waals surface area contributed by atoms with Crippen LogP contribution in [0, 0.1) is 11.8 Å². The molecule has 114 valence electrons. The fourth-order valence-corrected chi connectivity index (χ4v) is 3.88. The number of hydrogen-bond acceptors (Lipinski definition) is 2. The van der Waals surface area contributed by atoms with Crippen LogP contribution in [0.15, 0.2) is 24.3 Å². The highest BCUT2D eigenvalue weighted by Crippen LogP contribution is 2.29. The second-order valence-electron chi connectivity index (χ2n) is 6.85. The van der Waals surface area contributed by atoms with E-state index in [1.54, 1.807) is 0 Å². The van der Waals surface area contributed by atoms with Crippen LogP contribution >= 0.6 is 0 Å². The van der Waals surface area contributed by atoms with E-state index in [-0.39, 0.29) is 11.9 Å². The highest BCUT2D eigenvalue weighted by Gasteiger charge is 2.31. The lowest BCUT2D eigenvalue weighted by molar-refractivity contribution is -0.124.